The van der Waals surface area contributed by atoms with Crippen molar-refractivity contribution in [1.29, 1.82) is 0 Å². The third kappa shape index (κ3) is 4.17. The Morgan fingerprint density at radius 1 is 1.14 bits per heavy atom. The highest BCUT2D eigenvalue weighted by atomic mass is 32.1. The molecule has 2 aliphatic heterocycles. The molecule has 0 spiro atoms. The van der Waals surface area contributed by atoms with Crippen LogP contribution in [0.3, 0.4) is 0 Å². The van der Waals surface area contributed by atoms with Gasteiger partial charge in [0.05, 0.1) is 28.6 Å². The predicted molar refractivity (Wildman–Crippen MR) is 144 cm³/mol. The molecule has 3 heterocycles. The number of amides is 1. The summed E-state index contributed by atoms with van der Waals surface area (Å²) < 4.78 is 7.22. The van der Waals surface area contributed by atoms with Crippen LogP contribution in [0, 0.1) is 0 Å². The highest BCUT2D eigenvalue weighted by molar-refractivity contribution is 7.07. The summed E-state index contributed by atoms with van der Waals surface area (Å²) in [7, 11) is 0. The minimum absolute atomic E-state index is 0.0462. The van der Waals surface area contributed by atoms with E-state index in [2.05, 4.69) is 18.5 Å². The smallest absolute Gasteiger partial charge is 0.338 e. The van der Waals surface area contributed by atoms with Gasteiger partial charge >= 0.3 is 5.97 Å². The van der Waals surface area contributed by atoms with Gasteiger partial charge in [-0.3, -0.25) is 14.2 Å². The Bertz CT molecular complexity index is 1610. The van der Waals surface area contributed by atoms with Crippen LogP contribution in [0.1, 0.15) is 43.9 Å². The van der Waals surface area contributed by atoms with Gasteiger partial charge in [0.25, 0.3) is 11.5 Å². The number of fused-ring (bicyclic) bond motifs is 2. The number of thiazole rings is 1. The van der Waals surface area contributed by atoms with E-state index in [0.29, 0.717) is 32.7 Å². The maximum atomic E-state index is 14.1. The summed E-state index contributed by atoms with van der Waals surface area (Å²) >= 11 is 1.18. The third-order valence-corrected chi connectivity index (χ3v) is 7.60. The van der Waals surface area contributed by atoms with Crippen molar-refractivity contribution in [1.82, 2.24) is 4.57 Å². The first-order valence-corrected chi connectivity index (χ1v) is 13.1. The molecule has 8 heteroatoms. The lowest BCUT2D eigenvalue weighted by Gasteiger charge is -2.24. The summed E-state index contributed by atoms with van der Waals surface area (Å²) in [5, 5.41) is 0. The minimum Gasteiger partial charge on any atom is -0.458 e. The Morgan fingerprint density at radius 2 is 1.86 bits per heavy atom. The number of carbonyl (C=O) groups excluding carboxylic acids is 2. The van der Waals surface area contributed by atoms with Crippen molar-refractivity contribution in [3.63, 3.8) is 0 Å². The quantitative estimate of drug-likeness (QED) is 0.358. The average molecular weight is 514 g/mol. The Morgan fingerprint density at radius 3 is 2.59 bits per heavy atom. The normalized spacial score (nSPS) is 17.8. The maximum absolute atomic E-state index is 14.1. The highest BCUT2D eigenvalue weighted by Crippen LogP contribution is 2.35. The van der Waals surface area contributed by atoms with E-state index in [1.165, 1.54) is 22.0 Å². The number of allylic oxidation sites excluding steroid dienone is 1. The molecule has 0 radical (unpaired) electrons. The number of esters is 1. The van der Waals surface area contributed by atoms with Crippen LogP contribution in [0.2, 0.25) is 0 Å². The number of hydrogen-bond acceptors (Lipinski definition) is 6. The molecule has 0 saturated carbocycles. The summed E-state index contributed by atoms with van der Waals surface area (Å²) in [4.78, 5) is 47.7. The van der Waals surface area contributed by atoms with Crippen LogP contribution in [-0.2, 0) is 14.3 Å². The Hall–Kier alpha value is -4.04. The monoisotopic (exact) mass is 513 g/mol. The Labute approximate surface area is 218 Å². The molecule has 188 valence electrons. The maximum Gasteiger partial charge on any atom is 0.338 e. The van der Waals surface area contributed by atoms with E-state index in [1.807, 2.05) is 54.6 Å². The van der Waals surface area contributed by atoms with Crippen LogP contribution >= 0.6 is 11.3 Å². The molecular formula is C29H27N3O4S. The lowest BCUT2D eigenvalue weighted by molar-refractivity contribution is -0.138. The molecule has 0 saturated heterocycles. The number of hydrogen-bond donors (Lipinski definition) is 0. The van der Waals surface area contributed by atoms with Gasteiger partial charge in [0.2, 0.25) is 0 Å². The van der Waals surface area contributed by atoms with Gasteiger partial charge < -0.3 is 9.64 Å². The fourth-order valence-corrected chi connectivity index (χ4v) is 5.97. The van der Waals surface area contributed by atoms with E-state index in [-0.39, 0.29) is 18.1 Å². The molecule has 5 rings (SSSR count). The molecule has 2 aliphatic rings. The zero-order valence-corrected chi connectivity index (χ0v) is 21.6. The second-order valence-corrected chi connectivity index (χ2v) is 9.88. The fraction of sp³-hybridized carbons (Fsp3) is 0.241. The standard InChI is InChI=1S/C29H27N3O4S/c1-4-6-16-31-21-15-11-10-14-20(21)23(26(31)33)25-27(34)32-24(19-12-8-7-9-13-19)22(28(35)36-17-5-2)18(3)30-29(32)37-25/h5,7-15,24H,2,4,6,16-17H2,1,3H3. The molecule has 0 N–H and O–H groups in total. The second kappa shape index (κ2) is 10.1. The van der Waals surface area contributed by atoms with E-state index < -0.39 is 12.0 Å². The van der Waals surface area contributed by atoms with E-state index in [9.17, 15) is 14.4 Å². The summed E-state index contributed by atoms with van der Waals surface area (Å²) in [5.74, 6) is -0.738. The second-order valence-electron chi connectivity index (χ2n) is 8.90. The lowest BCUT2D eigenvalue weighted by Crippen LogP contribution is -2.41. The lowest BCUT2D eigenvalue weighted by atomic mass is 9.96. The van der Waals surface area contributed by atoms with Gasteiger partial charge in [-0.2, -0.15) is 0 Å². The molecule has 0 aliphatic carbocycles. The SMILES string of the molecule is C=CCOC(=O)C1=C(C)N=c2sc(=C3C(=O)N(CCCC)c4ccccc43)c(=O)n2C1c1ccccc1. The van der Waals surface area contributed by atoms with Crippen molar-refractivity contribution in [2.45, 2.75) is 32.7 Å². The predicted octanol–water partition coefficient (Wildman–Crippen LogP) is 3.48. The zero-order valence-electron chi connectivity index (χ0n) is 20.8. The molecule has 7 nitrogen and oxygen atoms in total. The number of aromatic nitrogens is 1. The van der Waals surface area contributed by atoms with Gasteiger partial charge in [0.15, 0.2) is 4.80 Å². The first-order valence-electron chi connectivity index (χ1n) is 12.3. The highest BCUT2D eigenvalue weighted by Gasteiger charge is 2.37. The third-order valence-electron chi connectivity index (χ3n) is 6.55. The zero-order chi connectivity index (χ0) is 26.1. The molecule has 37 heavy (non-hydrogen) atoms. The molecule has 3 aromatic rings. The van der Waals surface area contributed by atoms with Gasteiger partial charge in [-0.05, 0) is 25.0 Å². The molecule has 1 amide bonds. The summed E-state index contributed by atoms with van der Waals surface area (Å²) in [6.45, 7) is 8.06. The van der Waals surface area contributed by atoms with Gasteiger partial charge in [0.1, 0.15) is 11.1 Å². The summed E-state index contributed by atoms with van der Waals surface area (Å²) in [6, 6.07) is 16.2. The van der Waals surface area contributed by atoms with Gasteiger partial charge in [-0.15, -0.1) is 0 Å². The number of benzene rings is 2. The van der Waals surface area contributed by atoms with Crippen molar-refractivity contribution in [3.05, 3.63) is 109 Å². The van der Waals surface area contributed by atoms with Gasteiger partial charge in [0, 0.05) is 12.1 Å². The van der Waals surface area contributed by atoms with E-state index in [4.69, 9.17) is 4.74 Å². The number of ether oxygens (including phenoxy) is 1. The van der Waals surface area contributed by atoms with Crippen LogP contribution in [0.5, 0.6) is 0 Å². The first kappa shape index (κ1) is 24.6. The van der Waals surface area contributed by atoms with Crippen LogP contribution in [-0.4, -0.2) is 29.6 Å². The van der Waals surface area contributed by atoms with Crippen molar-refractivity contribution >= 4 is 34.5 Å². The summed E-state index contributed by atoms with van der Waals surface area (Å²) in [5.41, 5.74) is 3.11. The van der Waals surface area contributed by atoms with Gasteiger partial charge in [-0.1, -0.05) is 85.9 Å². The topological polar surface area (TPSA) is 81.0 Å². The molecular weight excluding hydrogens is 486 g/mol. The molecule has 2 aromatic carbocycles. The number of carbonyl (C=O) groups is 2. The Kier molecular flexibility index (Phi) is 6.76. The van der Waals surface area contributed by atoms with Crippen molar-refractivity contribution in [2.24, 2.45) is 4.99 Å². The van der Waals surface area contributed by atoms with Crippen molar-refractivity contribution in [3.8, 4) is 0 Å². The molecule has 0 bridgehead atoms. The minimum atomic E-state index is -0.730. The van der Waals surface area contributed by atoms with Gasteiger partial charge in [-0.25, -0.2) is 9.79 Å². The average Bonchev–Trinajstić information content (AvgIpc) is 3.37. The molecule has 0 fully saturated rings. The number of anilines is 1. The van der Waals surface area contributed by atoms with E-state index >= 15 is 0 Å². The number of nitrogens with zero attached hydrogens (tertiary/aromatic N) is 3. The van der Waals surface area contributed by atoms with E-state index in [1.54, 1.807) is 11.8 Å². The van der Waals surface area contributed by atoms with Crippen LogP contribution in [0.4, 0.5) is 5.69 Å². The molecule has 1 aromatic heterocycles. The fourth-order valence-electron chi connectivity index (χ4n) is 4.83. The van der Waals surface area contributed by atoms with Crippen molar-refractivity contribution in [2.75, 3.05) is 18.1 Å². The number of unbranched alkanes of at least 4 members (excludes halogenated alkanes) is 1. The number of para-hydroxylation sites is 1. The number of rotatable bonds is 7. The Balaban J connectivity index is 1.76. The van der Waals surface area contributed by atoms with E-state index in [0.717, 1.165) is 29.7 Å². The largest absolute Gasteiger partial charge is 0.458 e. The molecule has 1 unspecified atom stereocenters. The van der Waals surface area contributed by atoms with Crippen LogP contribution in [0.15, 0.2) is 88.3 Å². The first-order chi connectivity index (χ1) is 18.0. The molecule has 1 atom stereocenters. The summed E-state index contributed by atoms with van der Waals surface area (Å²) in [6.07, 6.45) is 3.30. The van der Waals surface area contributed by atoms with Crippen LogP contribution < -0.4 is 19.8 Å². The van der Waals surface area contributed by atoms with Crippen LogP contribution in [0.25, 0.3) is 5.57 Å². The van der Waals surface area contributed by atoms with Crippen molar-refractivity contribution < 1.29 is 14.3 Å².